The maximum Gasteiger partial charge on any atom is 0.337 e. The summed E-state index contributed by atoms with van der Waals surface area (Å²) in [5, 5.41) is 11.4. The molecule has 1 rings (SSSR count). The summed E-state index contributed by atoms with van der Waals surface area (Å²) in [6.45, 7) is 3.62. The molecule has 0 spiro atoms. The average molecular weight is 300 g/mol. The van der Waals surface area contributed by atoms with Gasteiger partial charge in [-0.05, 0) is 18.9 Å². The summed E-state index contributed by atoms with van der Waals surface area (Å²) in [4.78, 5) is 23.4. The maximum atomic E-state index is 13.3. The fraction of sp³-hybridized carbons (Fsp3) is 0.429. The molecule has 4 N–H and O–H groups in total. The van der Waals surface area contributed by atoms with Crippen LogP contribution in [-0.2, 0) is 4.79 Å². The van der Waals surface area contributed by atoms with Crippen LogP contribution in [0.3, 0.4) is 0 Å². The van der Waals surface area contributed by atoms with E-state index in [1.807, 2.05) is 0 Å². The van der Waals surface area contributed by atoms with Gasteiger partial charge in [-0.15, -0.1) is 0 Å². The number of carbonyl (C=O) groups excluding carboxylic acids is 1. The van der Waals surface area contributed by atoms with E-state index < -0.39 is 34.5 Å². The second-order valence-electron chi connectivity index (χ2n) is 4.76. The van der Waals surface area contributed by atoms with E-state index in [9.17, 15) is 18.4 Å². The molecule has 1 amide bonds. The van der Waals surface area contributed by atoms with Gasteiger partial charge in [-0.25, -0.2) is 13.6 Å². The van der Waals surface area contributed by atoms with Crippen LogP contribution in [0.5, 0.6) is 0 Å². The second-order valence-corrected chi connectivity index (χ2v) is 4.76. The molecule has 0 radical (unpaired) electrons. The van der Waals surface area contributed by atoms with Gasteiger partial charge in [-0.2, -0.15) is 0 Å². The van der Waals surface area contributed by atoms with Crippen molar-refractivity contribution in [2.75, 3.05) is 11.9 Å². The average Bonchev–Trinajstić information content (AvgIpc) is 2.44. The summed E-state index contributed by atoms with van der Waals surface area (Å²) in [6, 6.07) is 1.19. The molecule has 0 saturated carbocycles. The first kappa shape index (κ1) is 17.0. The van der Waals surface area contributed by atoms with E-state index in [2.05, 4.69) is 5.32 Å². The Bertz CT molecular complexity index is 549. The number of carboxylic acid groups (broad SMARTS) is 1. The smallest absolute Gasteiger partial charge is 0.337 e. The number of halogens is 2. The van der Waals surface area contributed by atoms with Crippen LogP contribution < -0.4 is 11.1 Å². The number of nitrogens with one attached hydrogen (secondary N) is 1. The monoisotopic (exact) mass is 300 g/mol. The second kappa shape index (κ2) is 6.62. The summed E-state index contributed by atoms with van der Waals surface area (Å²) in [5.41, 5.74) is 3.95. The summed E-state index contributed by atoms with van der Waals surface area (Å²) in [5.74, 6) is -4.50. The Hall–Kier alpha value is -2.02. The predicted octanol–water partition coefficient (Wildman–Crippen LogP) is 2.37. The molecule has 0 saturated heterocycles. The largest absolute Gasteiger partial charge is 0.478 e. The highest BCUT2D eigenvalue weighted by Gasteiger charge is 2.34. The molecule has 0 aliphatic heterocycles. The molecule has 0 aliphatic carbocycles. The standard InChI is InChI=1S/C14H18F2N2O3/c1-3-14(4-2,7-17)13(21)18-11-6-10(16)9(15)5-8(11)12(19)20/h5-6H,3-4,7,17H2,1-2H3,(H,18,21)(H,19,20). The third-order valence-corrected chi connectivity index (χ3v) is 3.77. The van der Waals surface area contributed by atoms with Crippen molar-refractivity contribution < 1.29 is 23.5 Å². The molecule has 1 aromatic carbocycles. The van der Waals surface area contributed by atoms with Gasteiger partial charge in [0.1, 0.15) is 0 Å². The highest BCUT2D eigenvalue weighted by molar-refractivity contribution is 6.02. The van der Waals surface area contributed by atoms with Crippen molar-refractivity contribution in [2.45, 2.75) is 26.7 Å². The molecule has 21 heavy (non-hydrogen) atoms. The number of nitrogens with two attached hydrogens (primary N) is 1. The molecule has 116 valence electrons. The third kappa shape index (κ3) is 3.36. The number of amides is 1. The van der Waals surface area contributed by atoms with Crippen LogP contribution in [0.2, 0.25) is 0 Å². The summed E-state index contributed by atoms with van der Waals surface area (Å²) >= 11 is 0. The molecule has 1 aromatic rings. The fourth-order valence-electron chi connectivity index (χ4n) is 2.03. The minimum atomic E-state index is -1.46. The number of anilines is 1. The summed E-state index contributed by atoms with van der Waals surface area (Å²) in [7, 11) is 0. The SMILES string of the molecule is CCC(CC)(CN)C(=O)Nc1cc(F)c(F)cc1C(=O)O. The third-order valence-electron chi connectivity index (χ3n) is 3.77. The van der Waals surface area contributed by atoms with E-state index >= 15 is 0 Å². The Labute approximate surface area is 121 Å². The zero-order chi connectivity index (χ0) is 16.2. The van der Waals surface area contributed by atoms with Gasteiger partial charge >= 0.3 is 5.97 Å². The van der Waals surface area contributed by atoms with E-state index in [-0.39, 0.29) is 12.2 Å². The first-order valence-electron chi connectivity index (χ1n) is 6.55. The minimum Gasteiger partial charge on any atom is -0.478 e. The lowest BCUT2D eigenvalue weighted by molar-refractivity contribution is -0.125. The molecule has 0 aromatic heterocycles. The quantitative estimate of drug-likeness (QED) is 0.752. The van der Waals surface area contributed by atoms with Crippen LogP contribution in [0.15, 0.2) is 12.1 Å². The van der Waals surface area contributed by atoms with Crippen LogP contribution in [0.4, 0.5) is 14.5 Å². The summed E-state index contributed by atoms with van der Waals surface area (Å²) < 4.78 is 26.4. The lowest BCUT2D eigenvalue weighted by Gasteiger charge is -2.28. The molecular formula is C14H18F2N2O3. The Kier molecular flexibility index (Phi) is 5.37. The Balaban J connectivity index is 3.21. The van der Waals surface area contributed by atoms with Crippen LogP contribution in [-0.4, -0.2) is 23.5 Å². The highest BCUT2D eigenvalue weighted by atomic mass is 19.2. The van der Waals surface area contributed by atoms with Crippen LogP contribution in [0.1, 0.15) is 37.0 Å². The number of rotatable bonds is 6. The number of carboxylic acids is 1. The van der Waals surface area contributed by atoms with Crippen molar-refractivity contribution in [3.63, 3.8) is 0 Å². The fourth-order valence-corrected chi connectivity index (χ4v) is 2.03. The number of hydrogen-bond donors (Lipinski definition) is 3. The number of aromatic carboxylic acids is 1. The molecular weight excluding hydrogens is 282 g/mol. The van der Waals surface area contributed by atoms with Crippen molar-refractivity contribution in [2.24, 2.45) is 11.1 Å². The van der Waals surface area contributed by atoms with Gasteiger partial charge in [0.05, 0.1) is 16.7 Å². The molecule has 0 heterocycles. The van der Waals surface area contributed by atoms with E-state index in [1.54, 1.807) is 13.8 Å². The molecule has 0 bridgehead atoms. The zero-order valence-corrected chi connectivity index (χ0v) is 11.9. The first-order chi connectivity index (χ1) is 9.81. The maximum absolute atomic E-state index is 13.3. The predicted molar refractivity (Wildman–Crippen MR) is 74.0 cm³/mol. The first-order valence-corrected chi connectivity index (χ1v) is 6.55. The van der Waals surface area contributed by atoms with Gasteiger partial charge < -0.3 is 16.2 Å². The number of benzene rings is 1. The van der Waals surface area contributed by atoms with Crippen molar-refractivity contribution in [1.29, 1.82) is 0 Å². The summed E-state index contributed by atoms with van der Waals surface area (Å²) in [6.07, 6.45) is 0.885. The van der Waals surface area contributed by atoms with Gasteiger partial charge in [0, 0.05) is 12.6 Å². The van der Waals surface area contributed by atoms with Crippen molar-refractivity contribution >= 4 is 17.6 Å². The normalized spacial score (nSPS) is 11.3. The Morgan fingerprint density at radius 3 is 2.19 bits per heavy atom. The Morgan fingerprint density at radius 1 is 1.24 bits per heavy atom. The lowest BCUT2D eigenvalue weighted by atomic mass is 9.81. The van der Waals surface area contributed by atoms with Gasteiger partial charge in [-0.1, -0.05) is 13.8 Å². The highest BCUT2D eigenvalue weighted by Crippen LogP contribution is 2.28. The van der Waals surface area contributed by atoms with Crippen molar-refractivity contribution in [3.8, 4) is 0 Å². The number of hydrogen-bond acceptors (Lipinski definition) is 3. The zero-order valence-electron chi connectivity index (χ0n) is 11.9. The van der Waals surface area contributed by atoms with Gasteiger partial charge in [0.15, 0.2) is 11.6 Å². The molecule has 0 aliphatic rings. The molecule has 7 heteroatoms. The van der Waals surface area contributed by atoms with Crippen molar-refractivity contribution in [1.82, 2.24) is 0 Å². The van der Waals surface area contributed by atoms with Crippen molar-refractivity contribution in [3.05, 3.63) is 29.3 Å². The Morgan fingerprint density at radius 2 is 1.76 bits per heavy atom. The minimum absolute atomic E-state index is 0.0674. The van der Waals surface area contributed by atoms with E-state index in [0.717, 1.165) is 0 Å². The lowest BCUT2D eigenvalue weighted by Crippen LogP contribution is -2.41. The topological polar surface area (TPSA) is 92.4 Å². The van der Waals surface area contributed by atoms with E-state index in [4.69, 9.17) is 10.8 Å². The van der Waals surface area contributed by atoms with Gasteiger partial charge in [0.2, 0.25) is 5.91 Å². The van der Waals surface area contributed by atoms with Gasteiger partial charge in [-0.3, -0.25) is 4.79 Å². The van der Waals surface area contributed by atoms with E-state index in [0.29, 0.717) is 25.0 Å². The molecule has 0 unspecified atom stereocenters. The van der Waals surface area contributed by atoms with E-state index in [1.165, 1.54) is 0 Å². The van der Waals surface area contributed by atoms with Gasteiger partial charge in [0.25, 0.3) is 0 Å². The molecule has 5 nitrogen and oxygen atoms in total. The van der Waals surface area contributed by atoms with Crippen LogP contribution in [0.25, 0.3) is 0 Å². The molecule has 0 atom stereocenters. The van der Waals surface area contributed by atoms with Crippen LogP contribution >= 0.6 is 0 Å². The number of carbonyl (C=O) groups is 2. The van der Waals surface area contributed by atoms with Crippen LogP contribution in [0, 0.1) is 17.0 Å². The molecule has 0 fully saturated rings.